The first-order valence-corrected chi connectivity index (χ1v) is 9.10. The summed E-state index contributed by atoms with van der Waals surface area (Å²) in [5, 5.41) is 5.01. The van der Waals surface area contributed by atoms with Gasteiger partial charge in [0, 0.05) is 34.2 Å². The first kappa shape index (κ1) is 15.2. The Labute approximate surface area is 152 Å². The number of H-pyrrole nitrogens is 1. The van der Waals surface area contributed by atoms with E-state index in [0.717, 1.165) is 5.52 Å². The van der Waals surface area contributed by atoms with Crippen LogP contribution in [0.5, 0.6) is 0 Å². The fraction of sp³-hybridized carbons (Fsp3) is 0.125. The quantitative estimate of drug-likeness (QED) is 0.383. The highest BCUT2D eigenvalue weighted by molar-refractivity contribution is 6.23. The molecule has 0 atom stereocenters. The van der Waals surface area contributed by atoms with Crippen LogP contribution in [-0.2, 0) is 0 Å². The number of hydrogen-bond donors (Lipinski definition) is 1. The van der Waals surface area contributed by atoms with Gasteiger partial charge in [0.15, 0.2) is 0 Å². The minimum Gasteiger partial charge on any atom is -0.354 e. The molecule has 0 radical (unpaired) electrons. The molecule has 1 N–H and O–H groups in total. The fourth-order valence-electron chi connectivity index (χ4n) is 4.08. The summed E-state index contributed by atoms with van der Waals surface area (Å²) >= 11 is 0. The maximum absolute atomic E-state index is 4.34. The standard InChI is InChI=1S/C24H20N2/c1-15(2)16-7-3-4-8-17(16)20-13-23-24(19-10-6-5-9-18(19)20)21-14-25-12-11-22(21)26-23/h3-15,26H,1-2H3. The molecule has 0 aliphatic heterocycles. The highest BCUT2D eigenvalue weighted by Gasteiger charge is 2.15. The zero-order valence-electron chi connectivity index (χ0n) is 15.0. The molecule has 0 fully saturated rings. The van der Waals surface area contributed by atoms with Gasteiger partial charge >= 0.3 is 0 Å². The Morgan fingerprint density at radius 2 is 1.54 bits per heavy atom. The second-order valence-electron chi connectivity index (χ2n) is 7.18. The molecule has 0 aliphatic carbocycles. The van der Waals surface area contributed by atoms with Crippen LogP contribution in [0.15, 0.2) is 73.1 Å². The van der Waals surface area contributed by atoms with E-state index in [2.05, 4.69) is 78.4 Å². The van der Waals surface area contributed by atoms with Crippen LogP contribution in [0, 0.1) is 0 Å². The lowest BCUT2D eigenvalue weighted by Crippen LogP contribution is -1.93. The molecule has 0 unspecified atom stereocenters. The van der Waals surface area contributed by atoms with Crippen molar-refractivity contribution in [3.05, 3.63) is 78.6 Å². The number of nitrogens with zero attached hydrogens (tertiary/aromatic N) is 1. The molecule has 2 heterocycles. The average molecular weight is 336 g/mol. The second-order valence-corrected chi connectivity index (χ2v) is 7.18. The van der Waals surface area contributed by atoms with E-state index in [4.69, 9.17) is 0 Å². The summed E-state index contributed by atoms with van der Waals surface area (Å²) < 4.78 is 0. The van der Waals surface area contributed by atoms with Gasteiger partial charge in [0.1, 0.15) is 0 Å². The second kappa shape index (κ2) is 5.70. The lowest BCUT2D eigenvalue weighted by atomic mass is 9.89. The van der Waals surface area contributed by atoms with Gasteiger partial charge in [0.2, 0.25) is 0 Å². The summed E-state index contributed by atoms with van der Waals surface area (Å²) in [4.78, 5) is 7.93. The number of hydrogen-bond acceptors (Lipinski definition) is 1. The molecule has 5 aromatic rings. The van der Waals surface area contributed by atoms with E-state index in [1.54, 1.807) is 0 Å². The maximum atomic E-state index is 4.34. The molecule has 2 heteroatoms. The highest BCUT2D eigenvalue weighted by Crippen LogP contribution is 2.40. The van der Waals surface area contributed by atoms with Crippen LogP contribution in [0.25, 0.3) is 43.7 Å². The number of aromatic nitrogens is 2. The number of rotatable bonds is 2. The van der Waals surface area contributed by atoms with Crippen molar-refractivity contribution in [1.82, 2.24) is 9.97 Å². The van der Waals surface area contributed by atoms with E-state index in [9.17, 15) is 0 Å². The third kappa shape index (κ3) is 2.15. The average Bonchev–Trinajstić information content (AvgIpc) is 3.06. The Hall–Kier alpha value is -3.13. The van der Waals surface area contributed by atoms with Gasteiger partial charge in [0.25, 0.3) is 0 Å². The summed E-state index contributed by atoms with van der Waals surface area (Å²) in [6.45, 7) is 4.52. The van der Waals surface area contributed by atoms with Gasteiger partial charge in [-0.3, -0.25) is 4.98 Å². The van der Waals surface area contributed by atoms with Crippen LogP contribution >= 0.6 is 0 Å². The van der Waals surface area contributed by atoms with Crippen molar-refractivity contribution in [3.63, 3.8) is 0 Å². The molecule has 0 saturated heterocycles. The SMILES string of the molecule is CC(C)c1ccccc1-c1cc2[nH]c3ccncc3c2c2ccccc12. The minimum atomic E-state index is 0.479. The Kier molecular flexibility index (Phi) is 3.32. The third-order valence-electron chi connectivity index (χ3n) is 5.28. The molecule has 0 saturated carbocycles. The molecule has 3 aromatic carbocycles. The van der Waals surface area contributed by atoms with Gasteiger partial charge in [-0.25, -0.2) is 0 Å². The van der Waals surface area contributed by atoms with Crippen molar-refractivity contribution >= 4 is 32.6 Å². The van der Waals surface area contributed by atoms with Crippen LogP contribution in [0.1, 0.15) is 25.3 Å². The predicted octanol–water partition coefficient (Wildman–Crippen LogP) is 6.66. The third-order valence-corrected chi connectivity index (χ3v) is 5.28. The number of pyridine rings is 1. The van der Waals surface area contributed by atoms with Gasteiger partial charge in [0.05, 0.1) is 0 Å². The van der Waals surface area contributed by atoms with Crippen LogP contribution in [0.2, 0.25) is 0 Å². The number of benzene rings is 3. The van der Waals surface area contributed by atoms with E-state index >= 15 is 0 Å². The van der Waals surface area contributed by atoms with Gasteiger partial charge in [-0.15, -0.1) is 0 Å². The van der Waals surface area contributed by atoms with Gasteiger partial charge in [-0.2, -0.15) is 0 Å². The highest BCUT2D eigenvalue weighted by atomic mass is 14.7. The number of aromatic amines is 1. The van der Waals surface area contributed by atoms with E-state index in [-0.39, 0.29) is 0 Å². The largest absolute Gasteiger partial charge is 0.354 e. The normalized spacial score (nSPS) is 11.8. The van der Waals surface area contributed by atoms with Crippen LogP contribution < -0.4 is 0 Å². The summed E-state index contributed by atoms with van der Waals surface area (Å²) in [5.74, 6) is 0.479. The van der Waals surface area contributed by atoms with Crippen molar-refractivity contribution in [2.45, 2.75) is 19.8 Å². The van der Waals surface area contributed by atoms with Crippen molar-refractivity contribution in [1.29, 1.82) is 0 Å². The fourth-order valence-corrected chi connectivity index (χ4v) is 4.08. The Morgan fingerprint density at radius 3 is 2.38 bits per heavy atom. The summed E-state index contributed by atoms with van der Waals surface area (Å²) in [6.07, 6.45) is 3.80. The van der Waals surface area contributed by atoms with Crippen LogP contribution in [-0.4, -0.2) is 9.97 Å². The molecule has 0 aliphatic rings. The summed E-state index contributed by atoms with van der Waals surface area (Å²) in [5.41, 5.74) is 6.29. The molecular weight excluding hydrogens is 316 g/mol. The lowest BCUT2D eigenvalue weighted by Gasteiger charge is -2.15. The molecule has 26 heavy (non-hydrogen) atoms. The Balaban J connectivity index is 1.97. The molecule has 0 bridgehead atoms. The summed E-state index contributed by atoms with van der Waals surface area (Å²) in [6, 6.07) is 21.8. The van der Waals surface area contributed by atoms with E-state index in [1.165, 1.54) is 43.8 Å². The zero-order chi connectivity index (χ0) is 17.7. The Bertz CT molecular complexity index is 1260. The van der Waals surface area contributed by atoms with Crippen LogP contribution in [0.4, 0.5) is 0 Å². The zero-order valence-corrected chi connectivity index (χ0v) is 15.0. The molecule has 0 amide bonds. The molecule has 0 spiro atoms. The van der Waals surface area contributed by atoms with Gasteiger partial charge in [-0.05, 0) is 45.5 Å². The molecule has 2 aromatic heterocycles. The van der Waals surface area contributed by atoms with E-state index in [0.29, 0.717) is 5.92 Å². The molecule has 2 nitrogen and oxygen atoms in total. The van der Waals surface area contributed by atoms with E-state index < -0.39 is 0 Å². The van der Waals surface area contributed by atoms with Crippen molar-refractivity contribution in [2.75, 3.05) is 0 Å². The van der Waals surface area contributed by atoms with Crippen LogP contribution in [0.3, 0.4) is 0 Å². The Morgan fingerprint density at radius 1 is 0.769 bits per heavy atom. The molecule has 5 rings (SSSR count). The molecule has 126 valence electrons. The van der Waals surface area contributed by atoms with E-state index in [1.807, 2.05) is 18.5 Å². The minimum absolute atomic E-state index is 0.479. The topological polar surface area (TPSA) is 28.7 Å². The van der Waals surface area contributed by atoms with Crippen molar-refractivity contribution in [3.8, 4) is 11.1 Å². The van der Waals surface area contributed by atoms with Gasteiger partial charge in [-0.1, -0.05) is 62.4 Å². The van der Waals surface area contributed by atoms with Crippen molar-refractivity contribution < 1.29 is 0 Å². The lowest BCUT2D eigenvalue weighted by molar-refractivity contribution is 0.869. The monoisotopic (exact) mass is 336 g/mol. The predicted molar refractivity (Wildman–Crippen MR) is 111 cm³/mol. The smallest absolute Gasteiger partial charge is 0.0496 e. The number of fused-ring (bicyclic) bond motifs is 5. The first-order valence-electron chi connectivity index (χ1n) is 9.10. The maximum Gasteiger partial charge on any atom is 0.0496 e. The van der Waals surface area contributed by atoms with Gasteiger partial charge < -0.3 is 4.98 Å². The summed E-state index contributed by atoms with van der Waals surface area (Å²) in [7, 11) is 0. The molecular formula is C24H20N2. The number of nitrogens with one attached hydrogen (secondary N) is 1. The first-order chi connectivity index (χ1) is 12.7. The van der Waals surface area contributed by atoms with Crippen molar-refractivity contribution in [2.24, 2.45) is 0 Å².